The molecule has 5 heteroatoms. The highest BCUT2D eigenvalue weighted by atomic mass is 16.3. The molecule has 0 radical (unpaired) electrons. The summed E-state index contributed by atoms with van der Waals surface area (Å²) in [5.41, 5.74) is 22.1. The van der Waals surface area contributed by atoms with Crippen molar-refractivity contribution in [3.05, 3.63) is 149 Å². The molecule has 64 heavy (non-hydrogen) atoms. The molecule has 10 aromatic rings. The first-order valence-electron chi connectivity index (χ1n) is 23.1. The van der Waals surface area contributed by atoms with Gasteiger partial charge in [0, 0.05) is 55.2 Å². The molecule has 2 aliphatic rings. The molecule has 0 fully saturated rings. The molecule has 1 aliphatic carbocycles. The second-order valence-corrected chi connectivity index (χ2v) is 22.3. The fourth-order valence-corrected chi connectivity index (χ4v) is 11.2. The molecule has 3 aromatic heterocycles. The maximum Gasteiger partial charge on any atom is 0.244 e. The lowest BCUT2D eigenvalue weighted by molar-refractivity contribution is 0.590. The van der Waals surface area contributed by atoms with Crippen LogP contribution in [0.3, 0.4) is 0 Å². The van der Waals surface area contributed by atoms with E-state index in [9.17, 15) is 0 Å². The molecule has 7 aromatic carbocycles. The van der Waals surface area contributed by atoms with Crippen molar-refractivity contribution in [2.24, 2.45) is 0 Å². The van der Waals surface area contributed by atoms with Crippen molar-refractivity contribution < 1.29 is 8.83 Å². The van der Waals surface area contributed by atoms with Gasteiger partial charge in [-0.25, -0.2) is 0 Å². The predicted molar refractivity (Wildman–Crippen MR) is 273 cm³/mol. The van der Waals surface area contributed by atoms with Crippen molar-refractivity contribution in [1.82, 2.24) is 4.57 Å². The predicted octanol–water partition coefficient (Wildman–Crippen LogP) is 14.7. The molecular formula is C59H55BN2O2. The Kier molecular flexibility index (Phi) is 7.86. The van der Waals surface area contributed by atoms with Crippen molar-refractivity contribution in [3.63, 3.8) is 0 Å². The van der Waals surface area contributed by atoms with E-state index in [-0.39, 0.29) is 21.7 Å². The molecule has 0 spiro atoms. The molecule has 0 saturated carbocycles. The van der Waals surface area contributed by atoms with Crippen LogP contribution in [0.1, 0.15) is 104 Å². The van der Waals surface area contributed by atoms with E-state index in [1.807, 2.05) is 0 Å². The van der Waals surface area contributed by atoms with Crippen LogP contribution in [0, 0.1) is 0 Å². The first-order chi connectivity index (χ1) is 30.4. The number of benzene rings is 7. The second-order valence-electron chi connectivity index (χ2n) is 22.3. The molecule has 1 aliphatic heterocycles. The maximum absolute atomic E-state index is 7.09. The number of rotatable bonds is 3. The molecule has 0 bridgehead atoms. The Balaban J connectivity index is 1.27. The molecule has 316 valence electrons. The van der Waals surface area contributed by atoms with Gasteiger partial charge in [0.15, 0.2) is 0 Å². The highest BCUT2D eigenvalue weighted by molar-refractivity contribution is 6.73. The summed E-state index contributed by atoms with van der Waals surface area (Å²) < 4.78 is 16.3. The standard InChI is InChI=1S/C59H55BN2O2/c1-56(2,3)32-20-24-35(25-21-32)61-43-31-47-38(36-16-13-15-19-45(36)63-47)30-39(43)49-48-37-17-12-14-18-42(37)59(10,11)51(48)50-40-28-33(57(4,5)6)22-26-44(40)62-53-41-29-34(58(7,8)9)23-27-46(41)64-55(53)60-52(49)54(50)62/h12-31,60-61H,1-11H3. The van der Waals surface area contributed by atoms with Crippen molar-refractivity contribution in [2.45, 2.75) is 97.8 Å². The molecule has 4 nitrogen and oxygen atoms in total. The summed E-state index contributed by atoms with van der Waals surface area (Å²) in [6.07, 6.45) is 0. The van der Waals surface area contributed by atoms with Gasteiger partial charge in [-0.1, -0.05) is 143 Å². The monoisotopic (exact) mass is 834 g/mol. The highest BCUT2D eigenvalue weighted by Gasteiger charge is 2.44. The number of hydrogen-bond donors (Lipinski definition) is 1. The summed E-state index contributed by atoms with van der Waals surface area (Å²) in [6, 6.07) is 45.3. The van der Waals surface area contributed by atoms with Crippen LogP contribution in [0.15, 0.2) is 130 Å². The summed E-state index contributed by atoms with van der Waals surface area (Å²) in [4.78, 5) is 0. The number of anilines is 2. The quantitative estimate of drug-likeness (QED) is 0.180. The maximum atomic E-state index is 7.09. The summed E-state index contributed by atoms with van der Waals surface area (Å²) >= 11 is 0. The summed E-state index contributed by atoms with van der Waals surface area (Å²) in [5, 5.41) is 10.0. The Labute approximate surface area is 376 Å². The van der Waals surface area contributed by atoms with Gasteiger partial charge in [-0.05, 0) is 115 Å². The number of aromatic nitrogens is 1. The topological polar surface area (TPSA) is 43.2 Å². The van der Waals surface area contributed by atoms with Gasteiger partial charge in [0.2, 0.25) is 7.28 Å². The summed E-state index contributed by atoms with van der Waals surface area (Å²) in [6.45, 7) is 25.6. The molecule has 0 saturated heterocycles. The molecule has 0 unspecified atom stereocenters. The van der Waals surface area contributed by atoms with Gasteiger partial charge in [0.25, 0.3) is 0 Å². The largest absolute Gasteiger partial charge is 0.469 e. The van der Waals surface area contributed by atoms with Crippen molar-refractivity contribution in [1.29, 1.82) is 0 Å². The van der Waals surface area contributed by atoms with Gasteiger partial charge in [0.1, 0.15) is 16.7 Å². The van der Waals surface area contributed by atoms with Gasteiger partial charge in [-0.2, -0.15) is 0 Å². The van der Waals surface area contributed by atoms with Gasteiger partial charge >= 0.3 is 0 Å². The minimum Gasteiger partial charge on any atom is -0.469 e. The van der Waals surface area contributed by atoms with Crippen molar-refractivity contribution in [3.8, 4) is 27.9 Å². The number of furan rings is 2. The first kappa shape index (κ1) is 39.2. The van der Waals surface area contributed by atoms with E-state index in [0.717, 1.165) is 50.1 Å². The third kappa shape index (κ3) is 5.49. The van der Waals surface area contributed by atoms with E-state index in [1.165, 1.54) is 82.8 Å². The minimum atomic E-state index is -0.295. The first-order valence-corrected chi connectivity index (χ1v) is 23.1. The van der Waals surface area contributed by atoms with Crippen LogP contribution < -0.4 is 16.4 Å². The van der Waals surface area contributed by atoms with Crippen LogP contribution in [-0.4, -0.2) is 11.8 Å². The number of fused-ring (bicyclic) bond motifs is 14. The lowest BCUT2D eigenvalue weighted by Crippen LogP contribution is -2.37. The van der Waals surface area contributed by atoms with Crippen molar-refractivity contribution >= 4 is 84.5 Å². The van der Waals surface area contributed by atoms with Crippen LogP contribution >= 0.6 is 0 Å². The Bertz CT molecular complexity index is 3630. The fourth-order valence-electron chi connectivity index (χ4n) is 11.2. The minimum absolute atomic E-state index is 0.0171. The van der Waals surface area contributed by atoms with Gasteiger partial charge < -0.3 is 18.7 Å². The molecule has 12 rings (SSSR count). The van der Waals surface area contributed by atoms with E-state index in [1.54, 1.807) is 0 Å². The molecule has 4 heterocycles. The number of nitrogens with zero attached hydrogens (tertiary/aromatic N) is 1. The zero-order valence-corrected chi connectivity index (χ0v) is 39.0. The molecule has 0 amide bonds. The molecular weight excluding hydrogens is 779 g/mol. The van der Waals surface area contributed by atoms with E-state index in [2.05, 4.69) is 207 Å². The lowest BCUT2D eigenvalue weighted by atomic mass is 9.60. The Morgan fingerprint density at radius 1 is 0.547 bits per heavy atom. The third-order valence-corrected chi connectivity index (χ3v) is 14.6. The van der Waals surface area contributed by atoms with Gasteiger partial charge in [-0.15, -0.1) is 0 Å². The zero-order valence-electron chi connectivity index (χ0n) is 39.0. The van der Waals surface area contributed by atoms with Gasteiger partial charge in [-0.3, -0.25) is 0 Å². The summed E-state index contributed by atoms with van der Waals surface area (Å²) in [5.74, 6) is 0. The van der Waals surface area contributed by atoms with Crippen LogP contribution in [0.4, 0.5) is 11.4 Å². The van der Waals surface area contributed by atoms with E-state index >= 15 is 0 Å². The average molecular weight is 835 g/mol. The second kappa shape index (κ2) is 12.8. The Morgan fingerprint density at radius 3 is 1.92 bits per heavy atom. The zero-order chi connectivity index (χ0) is 44.4. The molecule has 1 N–H and O–H groups in total. The van der Waals surface area contributed by atoms with Crippen LogP contribution in [0.25, 0.3) is 82.7 Å². The smallest absolute Gasteiger partial charge is 0.244 e. The van der Waals surface area contributed by atoms with Crippen LogP contribution in [0.2, 0.25) is 0 Å². The van der Waals surface area contributed by atoms with E-state index in [0.29, 0.717) is 7.28 Å². The summed E-state index contributed by atoms with van der Waals surface area (Å²) in [7, 11) is 0.656. The normalized spacial score (nSPS) is 14.4. The van der Waals surface area contributed by atoms with Gasteiger partial charge in [0.05, 0.1) is 22.6 Å². The molecule has 0 atom stereocenters. The van der Waals surface area contributed by atoms with Crippen molar-refractivity contribution in [2.75, 3.05) is 5.32 Å². The van der Waals surface area contributed by atoms with E-state index in [4.69, 9.17) is 8.83 Å². The Morgan fingerprint density at radius 2 is 1.19 bits per heavy atom. The average Bonchev–Trinajstić information content (AvgIpc) is 3.96. The van der Waals surface area contributed by atoms with Crippen LogP contribution in [-0.2, 0) is 21.7 Å². The Hall–Kier alpha value is -6.46. The highest BCUT2D eigenvalue weighted by Crippen LogP contribution is 2.58. The van der Waals surface area contributed by atoms with E-state index < -0.39 is 0 Å². The van der Waals surface area contributed by atoms with Crippen LogP contribution in [0.5, 0.6) is 0 Å². The number of hydrogen-bond acceptors (Lipinski definition) is 3. The lowest BCUT2D eigenvalue weighted by Gasteiger charge is -2.27. The SMILES string of the molecule is CC(C)(C)c1ccc(Nc2cc3oc4ccccc4c3cc2-c2c3c(c4c5cc(C(C)(C)C)ccc5n5c4c2Bc2oc4ccc(C(C)(C)C)cc4c2-5)C(C)(C)c2ccccc2-3)cc1. The third-order valence-electron chi connectivity index (χ3n) is 14.6. The fraction of sp³-hybridized carbons (Fsp3) is 0.254. The number of para-hydroxylation sites is 1. The number of nitrogens with one attached hydrogen (secondary N) is 1.